The van der Waals surface area contributed by atoms with Crippen LogP contribution in [0.15, 0.2) is 18.2 Å². The maximum Gasteiger partial charge on any atom is 0.250 e. The summed E-state index contributed by atoms with van der Waals surface area (Å²) in [7, 11) is 1.54. The molecule has 4 aliphatic rings. The third-order valence-corrected chi connectivity index (χ3v) is 6.90. The van der Waals surface area contributed by atoms with Crippen LogP contribution in [-0.4, -0.2) is 60.4 Å². The van der Waals surface area contributed by atoms with Gasteiger partial charge in [-0.3, -0.25) is 24.2 Å². The Labute approximate surface area is 161 Å². The topological polar surface area (TPSA) is 78.9 Å². The van der Waals surface area contributed by atoms with E-state index >= 15 is 0 Å². The fraction of sp³-hybridized carbons (Fsp3) is 0.526. The number of rotatable bonds is 3. The highest BCUT2D eigenvalue weighted by atomic mass is 35.5. The molecule has 1 aromatic carbocycles. The third-order valence-electron chi connectivity index (χ3n) is 6.59. The van der Waals surface area contributed by atoms with E-state index in [2.05, 4.69) is 10.2 Å². The summed E-state index contributed by atoms with van der Waals surface area (Å²) in [5.41, 5.74) is 0.126. The van der Waals surface area contributed by atoms with Crippen molar-refractivity contribution in [2.24, 2.45) is 11.8 Å². The minimum absolute atomic E-state index is 0.102. The summed E-state index contributed by atoms with van der Waals surface area (Å²) in [6.07, 6.45) is 1.71. The Morgan fingerprint density at radius 3 is 2.89 bits per heavy atom. The summed E-state index contributed by atoms with van der Waals surface area (Å²) in [4.78, 5) is 43.2. The maximum atomic E-state index is 13.3. The minimum Gasteiger partial charge on any atom is -0.383 e. The molecule has 8 heteroatoms. The number of ether oxygens (including phenoxy) is 1. The van der Waals surface area contributed by atoms with Crippen LogP contribution in [0.2, 0.25) is 5.02 Å². The molecule has 27 heavy (non-hydrogen) atoms. The molecule has 0 unspecified atom stereocenters. The van der Waals surface area contributed by atoms with Gasteiger partial charge in [0.25, 0.3) is 5.91 Å². The number of hydrogen-bond acceptors (Lipinski definition) is 5. The fourth-order valence-corrected chi connectivity index (χ4v) is 5.88. The summed E-state index contributed by atoms with van der Waals surface area (Å²) in [6, 6.07) is 5.27. The Morgan fingerprint density at radius 2 is 2.11 bits per heavy atom. The fourth-order valence-electron chi connectivity index (χ4n) is 5.66. The lowest BCUT2D eigenvalue weighted by atomic mass is 9.75. The second kappa shape index (κ2) is 5.77. The molecule has 5 rings (SSSR count). The van der Waals surface area contributed by atoms with Gasteiger partial charge < -0.3 is 10.1 Å². The number of amides is 3. The van der Waals surface area contributed by atoms with E-state index in [4.69, 9.17) is 16.3 Å². The quantitative estimate of drug-likeness (QED) is 0.786. The number of methoxy groups -OCH3 is 1. The van der Waals surface area contributed by atoms with E-state index in [-0.39, 0.29) is 36.9 Å². The SMILES string of the molecule is COCCN1C(=O)[C@H]2[C@@H](C1=O)[C@]1(C(=O)Nc3c(Cl)cccc31)N1CCC[C@@H]21. The van der Waals surface area contributed by atoms with Crippen molar-refractivity contribution in [3.05, 3.63) is 28.8 Å². The number of halogens is 1. The van der Waals surface area contributed by atoms with Gasteiger partial charge in [-0.25, -0.2) is 0 Å². The molecule has 1 N–H and O–H groups in total. The molecule has 7 nitrogen and oxygen atoms in total. The zero-order chi connectivity index (χ0) is 18.9. The monoisotopic (exact) mass is 389 g/mol. The van der Waals surface area contributed by atoms with Crippen LogP contribution in [0.1, 0.15) is 18.4 Å². The molecule has 4 heterocycles. The number of anilines is 1. The van der Waals surface area contributed by atoms with Gasteiger partial charge in [0.15, 0.2) is 0 Å². The molecule has 3 amide bonds. The number of nitrogens with zero attached hydrogens (tertiary/aromatic N) is 2. The van der Waals surface area contributed by atoms with Crippen molar-refractivity contribution in [2.45, 2.75) is 24.4 Å². The number of benzene rings is 1. The van der Waals surface area contributed by atoms with Crippen LogP contribution in [0.25, 0.3) is 0 Å². The molecule has 4 atom stereocenters. The smallest absolute Gasteiger partial charge is 0.250 e. The first-order chi connectivity index (χ1) is 13.0. The number of likely N-dealkylation sites (tertiary alicyclic amines) is 1. The molecule has 4 aliphatic heterocycles. The maximum absolute atomic E-state index is 13.3. The highest BCUT2D eigenvalue weighted by Crippen LogP contribution is 2.60. The van der Waals surface area contributed by atoms with Crippen LogP contribution < -0.4 is 5.32 Å². The van der Waals surface area contributed by atoms with Gasteiger partial charge in [0.05, 0.1) is 35.7 Å². The molecule has 0 aliphatic carbocycles. The predicted octanol–water partition coefficient (Wildman–Crippen LogP) is 1.21. The summed E-state index contributed by atoms with van der Waals surface area (Å²) >= 11 is 6.33. The first kappa shape index (κ1) is 17.2. The van der Waals surface area contributed by atoms with Crippen LogP contribution in [-0.2, 0) is 24.7 Å². The van der Waals surface area contributed by atoms with Crippen molar-refractivity contribution in [3.8, 4) is 0 Å². The van der Waals surface area contributed by atoms with Gasteiger partial charge in [-0.2, -0.15) is 0 Å². The van der Waals surface area contributed by atoms with Gasteiger partial charge in [-0.15, -0.1) is 0 Å². The van der Waals surface area contributed by atoms with Crippen molar-refractivity contribution < 1.29 is 19.1 Å². The number of hydrogen-bond donors (Lipinski definition) is 1. The van der Waals surface area contributed by atoms with Gasteiger partial charge in [-0.1, -0.05) is 23.7 Å². The molecular formula is C19H20ClN3O4. The number of fused-ring (bicyclic) bond motifs is 7. The van der Waals surface area contributed by atoms with Crippen LogP contribution in [0.5, 0.6) is 0 Å². The molecule has 3 saturated heterocycles. The van der Waals surface area contributed by atoms with Gasteiger partial charge >= 0.3 is 0 Å². The van der Waals surface area contributed by atoms with E-state index < -0.39 is 17.4 Å². The number of imide groups is 1. The Kier molecular flexibility index (Phi) is 3.67. The highest BCUT2D eigenvalue weighted by Gasteiger charge is 2.74. The Morgan fingerprint density at radius 1 is 1.30 bits per heavy atom. The molecule has 0 bridgehead atoms. The lowest BCUT2D eigenvalue weighted by Gasteiger charge is -2.36. The van der Waals surface area contributed by atoms with Crippen LogP contribution in [0.4, 0.5) is 5.69 Å². The standard InChI is InChI=1S/C19H20ClN3O4/c1-27-9-8-22-16(24)13-12-6-3-7-23(12)19(14(13)17(22)25)10-4-2-5-11(20)15(10)21-18(19)26/h2,4-5,12-14H,3,6-9H2,1H3,(H,21,26)/t12-,13+,14-,19+/m0/s1. The highest BCUT2D eigenvalue weighted by molar-refractivity contribution is 6.35. The van der Waals surface area contributed by atoms with E-state index in [0.29, 0.717) is 22.8 Å². The van der Waals surface area contributed by atoms with Crippen molar-refractivity contribution >= 4 is 35.0 Å². The zero-order valence-electron chi connectivity index (χ0n) is 14.9. The first-order valence-electron chi connectivity index (χ1n) is 9.24. The van der Waals surface area contributed by atoms with Crippen molar-refractivity contribution in [2.75, 3.05) is 32.1 Å². The third kappa shape index (κ3) is 1.92. The molecule has 1 aromatic rings. The molecule has 1 spiro atoms. The van der Waals surface area contributed by atoms with E-state index in [0.717, 1.165) is 12.8 Å². The number of carbonyl (C=O) groups excluding carboxylic acids is 3. The largest absolute Gasteiger partial charge is 0.383 e. The van der Waals surface area contributed by atoms with Gasteiger partial charge in [0.2, 0.25) is 11.8 Å². The second-order valence-corrected chi connectivity index (χ2v) is 8.02. The Hall–Kier alpha value is -1.96. The first-order valence-corrected chi connectivity index (χ1v) is 9.62. The van der Waals surface area contributed by atoms with Gasteiger partial charge in [0, 0.05) is 18.7 Å². The normalized spacial score (nSPS) is 34.4. The van der Waals surface area contributed by atoms with Crippen LogP contribution >= 0.6 is 11.6 Å². The molecule has 3 fully saturated rings. The number of nitrogens with one attached hydrogen (secondary N) is 1. The minimum atomic E-state index is -1.15. The Balaban J connectivity index is 1.70. The number of carbonyl (C=O) groups is 3. The van der Waals surface area contributed by atoms with E-state index in [1.807, 2.05) is 6.07 Å². The predicted molar refractivity (Wildman–Crippen MR) is 97.1 cm³/mol. The van der Waals surface area contributed by atoms with E-state index in [9.17, 15) is 14.4 Å². The molecule has 142 valence electrons. The summed E-state index contributed by atoms with van der Waals surface area (Å²) in [5.74, 6) is -1.92. The lowest BCUT2D eigenvalue weighted by molar-refractivity contribution is -0.146. The Bertz CT molecular complexity index is 875. The van der Waals surface area contributed by atoms with E-state index in [1.54, 1.807) is 12.1 Å². The van der Waals surface area contributed by atoms with Crippen molar-refractivity contribution in [3.63, 3.8) is 0 Å². The van der Waals surface area contributed by atoms with Crippen molar-refractivity contribution in [1.82, 2.24) is 9.80 Å². The van der Waals surface area contributed by atoms with Crippen LogP contribution in [0, 0.1) is 11.8 Å². The second-order valence-electron chi connectivity index (χ2n) is 7.61. The molecule has 0 radical (unpaired) electrons. The van der Waals surface area contributed by atoms with Gasteiger partial charge in [-0.05, 0) is 25.5 Å². The molecule has 0 aromatic heterocycles. The zero-order valence-corrected chi connectivity index (χ0v) is 15.7. The summed E-state index contributed by atoms with van der Waals surface area (Å²) < 4.78 is 5.07. The summed E-state index contributed by atoms with van der Waals surface area (Å²) in [5, 5.41) is 3.35. The summed E-state index contributed by atoms with van der Waals surface area (Å²) in [6.45, 7) is 1.19. The average molecular weight is 390 g/mol. The van der Waals surface area contributed by atoms with Gasteiger partial charge in [0.1, 0.15) is 5.54 Å². The average Bonchev–Trinajstić information content (AvgIpc) is 3.34. The van der Waals surface area contributed by atoms with Crippen LogP contribution in [0.3, 0.4) is 0 Å². The molecule has 0 saturated carbocycles. The lowest BCUT2D eigenvalue weighted by Crippen LogP contribution is -2.54. The molecular weight excluding hydrogens is 370 g/mol. The number of para-hydroxylation sites is 1. The van der Waals surface area contributed by atoms with E-state index in [1.165, 1.54) is 12.0 Å². The van der Waals surface area contributed by atoms with Crippen molar-refractivity contribution in [1.29, 1.82) is 0 Å².